The van der Waals surface area contributed by atoms with Crippen LogP contribution in [0.15, 0.2) is 78.0 Å². The van der Waals surface area contributed by atoms with Gasteiger partial charge in [0.15, 0.2) is 0 Å². The number of nitrogens with one attached hydrogen (secondary N) is 1. The summed E-state index contributed by atoms with van der Waals surface area (Å²) in [5, 5.41) is 1.58. The fraction of sp³-hybridized carbons (Fsp3) is 0.120. The van der Waals surface area contributed by atoms with Crippen molar-refractivity contribution < 1.29 is 0 Å². The minimum Gasteiger partial charge on any atom is -0.335 e. The maximum Gasteiger partial charge on any atom is 0.248 e. The number of hydrogen-bond donors (Lipinski definition) is 2. The van der Waals surface area contributed by atoms with Crippen LogP contribution in [0.2, 0.25) is 9.36 Å². The maximum atomic E-state index is 12.4. The summed E-state index contributed by atoms with van der Waals surface area (Å²) in [6.45, 7) is 0. The normalized spacial score (nSPS) is 13.3. The molecule has 8 heteroatoms. The Labute approximate surface area is 204 Å². The zero-order valence-electron chi connectivity index (χ0n) is 17.7. The molecule has 0 aliphatic carbocycles. The lowest BCUT2D eigenvalue weighted by atomic mass is 9.84. The van der Waals surface area contributed by atoms with Gasteiger partial charge < -0.3 is 15.3 Å². The molecule has 0 spiro atoms. The number of pyridine rings is 1. The van der Waals surface area contributed by atoms with E-state index in [1.54, 1.807) is 18.6 Å². The van der Waals surface area contributed by atoms with Crippen LogP contribution in [0.4, 0.5) is 0 Å². The Morgan fingerprint density at radius 3 is 2.67 bits per heavy atom. The van der Waals surface area contributed by atoms with E-state index in [4.69, 9.17) is 28.9 Å². The summed E-state index contributed by atoms with van der Waals surface area (Å²) in [5.41, 5.74) is 10.4. The third kappa shape index (κ3) is 4.00. The lowest BCUT2D eigenvalue weighted by Crippen LogP contribution is -2.40. The van der Waals surface area contributed by atoms with E-state index in [1.165, 1.54) is 11.3 Å². The molecule has 1 atom stereocenters. The van der Waals surface area contributed by atoms with Crippen LogP contribution in [0.1, 0.15) is 27.3 Å². The van der Waals surface area contributed by atoms with Crippen molar-refractivity contribution in [3.63, 3.8) is 0 Å². The highest BCUT2D eigenvalue weighted by Gasteiger charge is 2.36. The van der Waals surface area contributed by atoms with Crippen molar-refractivity contribution in [1.82, 2.24) is 14.5 Å². The zero-order valence-corrected chi connectivity index (χ0v) is 20.0. The molecule has 0 amide bonds. The Bertz CT molecular complexity index is 1540. The molecule has 3 heterocycles. The van der Waals surface area contributed by atoms with Crippen LogP contribution in [-0.2, 0) is 19.0 Å². The number of fused-ring (bicyclic) bond motifs is 1. The first-order valence-corrected chi connectivity index (χ1v) is 11.8. The van der Waals surface area contributed by atoms with Gasteiger partial charge in [-0.15, -0.1) is 11.3 Å². The molecule has 0 aliphatic rings. The molecular formula is C25H20Cl2N4OS. The van der Waals surface area contributed by atoms with Crippen molar-refractivity contribution in [3.05, 3.63) is 120 Å². The number of hydrogen-bond acceptors (Lipinski definition) is 4. The molecule has 1 unspecified atom stereocenters. The third-order valence-corrected chi connectivity index (χ3v) is 7.45. The van der Waals surface area contributed by atoms with E-state index in [9.17, 15) is 4.79 Å². The summed E-state index contributed by atoms with van der Waals surface area (Å²) in [7, 11) is 1.92. The molecule has 5 aromatic rings. The third-order valence-electron chi connectivity index (χ3n) is 5.85. The topological polar surface area (TPSA) is 76.7 Å². The molecule has 5 nitrogen and oxygen atoms in total. The van der Waals surface area contributed by atoms with Crippen molar-refractivity contribution in [3.8, 4) is 0 Å². The molecule has 2 aromatic carbocycles. The summed E-state index contributed by atoms with van der Waals surface area (Å²) in [5.74, 6) is 0. The minimum atomic E-state index is -0.972. The molecule has 3 N–H and O–H groups in total. The molecule has 3 aromatic heterocycles. The van der Waals surface area contributed by atoms with Gasteiger partial charge in [-0.1, -0.05) is 41.4 Å². The molecule has 0 fully saturated rings. The smallest absolute Gasteiger partial charge is 0.248 e. The van der Waals surface area contributed by atoms with Gasteiger partial charge in [0, 0.05) is 33.9 Å². The molecule has 33 heavy (non-hydrogen) atoms. The van der Waals surface area contributed by atoms with Crippen molar-refractivity contribution in [2.24, 2.45) is 12.8 Å². The van der Waals surface area contributed by atoms with Gasteiger partial charge in [0.2, 0.25) is 5.56 Å². The summed E-state index contributed by atoms with van der Waals surface area (Å²) in [6, 6.07) is 19.0. The van der Waals surface area contributed by atoms with Crippen LogP contribution in [0, 0.1) is 0 Å². The van der Waals surface area contributed by atoms with Crippen molar-refractivity contribution in [1.29, 1.82) is 0 Å². The highest BCUT2D eigenvalue weighted by Crippen LogP contribution is 2.40. The highest BCUT2D eigenvalue weighted by atomic mass is 35.5. The number of nitrogens with two attached hydrogens (primary N) is 1. The van der Waals surface area contributed by atoms with Crippen molar-refractivity contribution in [2.45, 2.75) is 12.0 Å². The van der Waals surface area contributed by atoms with E-state index in [-0.39, 0.29) is 5.56 Å². The lowest BCUT2D eigenvalue weighted by Gasteiger charge is -2.30. The van der Waals surface area contributed by atoms with Crippen molar-refractivity contribution in [2.75, 3.05) is 0 Å². The van der Waals surface area contributed by atoms with E-state index in [2.05, 4.69) is 9.97 Å². The van der Waals surface area contributed by atoms with Crippen molar-refractivity contribution >= 4 is 45.4 Å². The van der Waals surface area contributed by atoms with Crippen LogP contribution in [0.5, 0.6) is 0 Å². The number of aromatic amines is 1. The average Bonchev–Trinajstić information content (AvgIpc) is 3.41. The van der Waals surface area contributed by atoms with Gasteiger partial charge in [0.05, 0.1) is 22.6 Å². The Morgan fingerprint density at radius 1 is 1.12 bits per heavy atom. The number of nitrogens with zero attached hydrogens (tertiary/aromatic N) is 2. The molecule has 0 radical (unpaired) electrons. The van der Waals surface area contributed by atoms with Gasteiger partial charge >= 0.3 is 0 Å². The first-order chi connectivity index (χ1) is 15.8. The van der Waals surface area contributed by atoms with E-state index >= 15 is 0 Å². The lowest BCUT2D eigenvalue weighted by molar-refractivity contribution is 0.607. The fourth-order valence-corrected chi connectivity index (χ4v) is 5.65. The zero-order chi connectivity index (χ0) is 23.2. The number of H-pyrrole nitrogens is 1. The minimum absolute atomic E-state index is 0.150. The molecular weight excluding hydrogens is 475 g/mol. The first kappa shape index (κ1) is 21.9. The quantitative estimate of drug-likeness (QED) is 0.340. The number of aryl methyl sites for hydroxylation is 1. The van der Waals surface area contributed by atoms with Crippen LogP contribution in [0.25, 0.3) is 10.9 Å². The van der Waals surface area contributed by atoms with Gasteiger partial charge in [0.25, 0.3) is 0 Å². The summed E-state index contributed by atoms with van der Waals surface area (Å²) >= 11 is 13.9. The van der Waals surface area contributed by atoms with Gasteiger partial charge in [-0.2, -0.15) is 0 Å². The number of benzene rings is 2. The Hall–Kier alpha value is -2.90. The molecule has 5 rings (SSSR count). The second-order valence-corrected chi connectivity index (χ2v) is 10.2. The Balaban J connectivity index is 1.73. The van der Waals surface area contributed by atoms with Gasteiger partial charge in [-0.25, -0.2) is 4.98 Å². The molecule has 166 valence electrons. The monoisotopic (exact) mass is 494 g/mol. The number of aromatic nitrogens is 3. The summed E-state index contributed by atoms with van der Waals surface area (Å²) in [6.07, 6.45) is 4.07. The predicted octanol–water partition coefficient (Wildman–Crippen LogP) is 5.47. The molecule has 0 saturated heterocycles. The highest BCUT2D eigenvalue weighted by molar-refractivity contribution is 7.16. The summed E-state index contributed by atoms with van der Waals surface area (Å²) in [4.78, 5) is 20.5. The van der Waals surface area contributed by atoms with Gasteiger partial charge in [0.1, 0.15) is 5.54 Å². The Morgan fingerprint density at radius 2 is 1.97 bits per heavy atom. The second-order valence-electron chi connectivity index (χ2n) is 8.03. The molecule has 0 bridgehead atoms. The fourth-order valence-electron chi connectivity index (χ4n) is 4.26. The van der Waals surface area contributed by atoms with E-state index in [0.717, 1.165) is 38.2 Å². The first-order valence-electron chi connectivity index (χ1n) is 10.3. The summed E-state index contributed by atoms with van der Waals surface area (Å²) < 4.78 is 2.58. The second kappa shape index (κ2) is 8.47. The van der Waals surface area contributed by atoms with E-state index < -0.39 is 5.54 Å². The van der Waals surface area contributed by atoms with E-state index in [1.807, 2.05) is 66.2 Å². The van der Waals surface area contributed by atoms with Crippen LogP contribution in [-0.4, -0.2) is 14.5 Å². The van der Waals surface area contributed by atoms with Crippen LogP contribution < -0.4 is 11.3 Å². The predicted molar refractivity (Wildman–Crippen MR) is 135 cm³/mol. The van der Waals surface area contributed by atoms with Gasteiger partial charge in [-0.3, -0.25) is 4.79 Å². The van der Waals surface area contributed by atoms with Crippen LogP contribution in [0.3, 0.4) is 0 Å². The molecule has 0 saturated carbocycles. The standard InChI is InChI=1S/C25H20Cl2N4OS/c1-31-14-29-13-21(31)25(28,22-7-8-23(27)33-22)17-5-6-20-19(12-17)16(11-24(32)30-20)9-15-3-2-4-18(26)10-15/h2-8,10-14H,9,28H2,1H3,(H,30,32). The number of halogens is 2. The van der Waals surface area contributed by atoms with E-state index in [0.29, 0.717) is 15.8 Å². The molecule has 0 aliphatic heterocycles. The SMILES string of the molecule is Cn1cncc1C(N)(c1ccc2[nH]c(=O)cc(Cc3cccc(Cl)c3)c2c1)c1ccc(Cl)s1. The average molecular weight is 495 g/mol. The van der Waals surface area contributed by atoms with Crippen LogP contribution >= 0.6 is 34.5 Å². The number of imidazole rings is 1. The number of thiophene rings is 1. The number of rotatable bonds is 5. The van der Waals surface area contributed by atoms with Gasteiger partial charge in [-0.05, 0) is 59.5 Å². The largest absolute Gasteiger partial charge is 0.335 e. The maximum absolute atomic E-state index is 12.4. The Kier molecular flexibility index (Phi) is 5.62.